The number of benzene rings is 1. The van der Waals surface area contributed by atoms with Gasteiger partial charge in [0.05, 0.1) is 22.1 Å². The van der Waals surface area contributed by atoms with Crippen molar-refractivity contribution in [3.05, 3.63) is 29.8 Å². The molecule has 0 aliphatic carbocycles. The quantitative estimate of drug-likeness (QED) is 0.925. The second-order valence-corrected chi connectivity index (χ2v) is 6.28. The van der Waals surface area contributed by atoms with E-state index in [2.05, 4.69) is 0 Å². The van der Waals surface area contributed by atoms with Crippen molar-refractivity contribution in [2.24, 2.45) is 0 Å². The molecule has 19 heavy (non-hydrogen) atoms. The van der Waals surface area contributed by atoms with Gasteiger partial charge in [-0.15, -0.1) is 0 Å². The Hall–Kier alpha value is -1.57. The molecule has 1 unspecified atom stereocenters. The van der Waals surface area contributed by atoms with Crippen LogP contribution in [-0.2, 0) is 20.8 Å². The summed E-state index contributed by atoms with van der Waals surface area (Å²) in [6.45, 7) is 1.07. The summed E-state index contributed by atoms with van der Waals surface area (Å²) in [6, 6.07) is 3.72. The zero-order valence-corrected chi connectivity index (χ0v) is 10.6. The lowest BCUT2D eigenvalue weighted by molar-refractivity contribution is -0.140. The zero-order valence-electron chi connectivity index (χ0n) is 9.81. The lowest BCUT2D eigenvalue weighted by Crippen LogP contribution is -2.24. The van der Waals surface area contributed by atoms with Gasteiger partial charge in [0.1, 0.15) is 0 Å². The van der Waals surface area contributed by atoms with Crippen molar-refractivity contribution in [3.8, 4) is 0 Å². The fraction of sp³-hybridized carbons (Fsp3) is 0.364. The van der Waals surface area contributed by atoms with Crippen molar-refractivity contribution >= 4 is 15.8 Å². The molecule has 0 saturated heterocycles. The standard InChI is InChI=1S/C11H11F3O4S/c1-7(6-10(15)16)19(17,18)9-5-3-2-4-8(9)11(12,13)14/h2-5,7H,6H2,1H3,(H,15,16). The van der Waals surface area contributed by atoms with Gasteiger partial charge in [0.15, 0.2) is 9.84 Å². The van der Waals surface area contributed by atoms with Crippen LogP contribution in [0.3, 0.4) is 0 Å². The number of halogens is 3. The summed E-state index contributed by atoms with van der Waals surface area (Å²) in [7, 11) is -4.35. The summed E-state index contributed by atoms with van der Waals surface area (Å²) in [4.78, 5) is 9.59. The Balaban J connectivity index is 3.34. The third-order valence-corrected chi connectivity index (χ3v) is 4.69. The molecule has 4 nitrogen and oxygen atoms in total. The number of alkyl halides is 3. The van der Waals surface area contributed by atoms with Gasteiger partial charge in [-0.25, -0.2) is 8.42 Å². The number of carbonyl (C=O) groups is 1. The number of carboxylic acids is 1. The highest BCUT2D eigenvalue weighted by atomic mass is 32.2. The summed E-state index contributed by atoms with van der Waals surface area (Å²) in [5.74, 6) is -1.39. The average Bonchev–Trinajstić information content (AvgIpc) is 2.27. The molecular formula is C11H11F3O4S. The summed E-state index contributed by atoms with van der Waals surface area (Å²) in [5, 5.41) is 7.10. The van der Waals surface area contributed by atoms with Gasteiger partial charge in [-0.2, -0.15) is 13.2 Å². The van der Waals surface area contributed by atoms with E-state index in [9.17, 15) is 26.4 Å². The number of carboxylic acid groups (broad SMARTS) is 1. The van der Waals surface area contributed by atoms with Gasteiger partial charge in [-0.3, -0.25) is 4.79 Å². The molecule has 0 amide bonds. The number of aliphatic carboxylic acids is 1. The van der Waals surface area contributed by atoms with Crippen LogP contribution in [0.5, 0.6) is 0 Å². The van der Waals surface area contributed by atoms with Gasteiger partial charge >= 0.3 is 12.1 Å². The fourth-order valence-electron chi connectivity index (χ4n) is 1.52. The summed E-state index contributed by atoms with van der Waals surface area (Å²) in [5.41, 5.74) is -1.28. The average molecular weight is 296 g/mol. The van der Waals surface area contributed by atoms with E-state index >= 15 is 0 Å². The maximum absolute atomic E-state index is 12.7. The molecule has 0 aliphatic rings. The normalized spacial score (nSPS) is 14.1. The monoisotopic (exact) mass is 296 g/mol. The lowest BCUT2D eigenvalue weighted by atomic mass is 10.2. The van der Waals surface area contributed by atoms with Crippen molar-refractivity contribution in [3.63, 3.8) is 0 Å². The van der Waals surface area contributed by atoms with Crippen LogP contribution in [0.4, 0.5) is 13.2 Å². The third-order valence-electron chi connectivity index (χ3n) is 2.49. The summed E-state index contributed by atoms with van der Waals surface area (Å²) >= 11 is 0. The van der Waals surface area contributed by atoms with Crippen molar-refractivity contribution in [1.29, 1.82) is 0 Å². The van der Waals surface area contributed by atoms with Crippen LogP contribution < -0.4 is 0 Å². The molecule has 106 valence electrons. The Morgan fingerprint density at radius 3 is 2.32 bits per heavy atom. The minimum atomic E-state index is -4.81. The Morgan fingerprint density at radius 1 is 1.32 bits per heavy atom. The second kappa shape index (κ2) is 5.20. The molecule has 0 aliphatic heterocycles. The Morgan fingerprint density at radius 2 is 1.84 bits per heavy atom. The van der Waals surface area contributed by atoms with Crippen LogP contribution in [0.2, 0.25) is 0 Å². The van der Waals surface area contributed by atoms with Gasteiger partial charge < -0.3 is 5.11 Å². The predicted octanol–water partition coefficient (Wildman–Crippen LogP) is 2.34. The largest absolute Gasteiger partial charge is 0.481 e. The minimum absolute atomic E-state index is 0.653. The molecule has 0 saturated carbocycles. The van der Waals surface area contributed by atoms with Crippen molar-refractivity contribution in [2.45, 2.75) is 29.7 Å². The van der Waals surface area contributed by atoms with E-state index in [-0.39, 0.29) is 0 Å². The highest BCUT2D eigenvalue weighted by Crippen LogP contribution is 2.35. The molecule has 0 spiro atoms. The van der Waals surface area contributed by atoms with Crippen LogP contribution in [0.25, 0.3) is 0 Å². The summed E-state index contributed by atoms with van der Waals surface area (Å²) in [6.07, 6.45) is -5.57. The van der Waals surface area contributed by atoms with E-state index in [1.807, 2.05) is 0 Å². The first-order valence-corrected chi connectivity index (χ1v) is 6.73. The van der Waals surface area contributed by atoms with Gasteiger partial charge in [0.25, 0.3) is 0 Å². The van der Waals surface area contributed by atoms with Crippen LogP contribution in [0.1, 0.15) is 18.9 Å². The Kier molecular flexibility index (Phi) is 4.24. The van der Waals surface area contributed by atoms with E-state index in [4.69, 9.17) is 5.11 Å². The number of rotatable bonds is 4. The Labute approximate surface area is 107 Å². The van der Waals surface area contributed by atoms with E-state index in [1.165, 1.54) is 0 Å². The molecule has 8 heteroatoms. The Bertz CT molecular complexity index is 578. The smallest absolute Gasteiger partial charge is 0.417 e. The van der Waals surface area contributed by atoms with E-state index < -0.39 is 44.1 Å². The predicted molar refractivity (Wildman–Crippen MR) is 60.3 cm³/mol. The van der Waals surface area contributed by atoms with Crippen molar-refractivity contribution < 1.29 is 31.5 Å². The SMILES string of the molecule is CC(CC(=O)O)S(=O)(=O)c1ccccc1C(F)(F)F. The zero-order chi connectivity index (χ0) is 14.8. The molecule has 1 N–H and O–H groups in total. The first-order chi connectivity index (χ1) is 8.56. The second-order valence-electron chi connectivity index (χ2n) is 3.95. The molecule has 1 aromatic carbocycles. The molecule has 1 atom stereocenters. The highest BCUT2D eigenvalue weighted by molar-refractivity contribution is 7.92. The third kappa shape index (κ3) is 3.46. The number of hydrogen-bond donors (Lipinski definition) is 1. The van der Waals surface area contributed by atoms with E-state index in [0.29, 0.717) is 6.07 Å². The van der Waals surface area contributed by atoms with Gasteiger partial charge in [0.2, 0.25) is 0 Å². The molecule has 0 bridgehead atoms. The lowest BCUT2D eigenvalue weighted by Gasteiger charge is -2.16. The van der Waals surface area contributed by atoms with Gasteiger partial charge in [-0.1, -0.05) is 12.1 Å². The molecule has 0 radical (unpaired) electrons. The van der Waals surface area contributed by atoms with Crippen LogP contribution in [0, 0.1) is 0 Å². The molecular weight excluding hydrogens is 285 g/mol. The number of sulfone groups is 1. The molecule has 1 rings (SSSR count). The van der Waals surface area contributed by atoms with Crippen molar-refractivity contribution in [1.82, 2.24) is 0 Å². The van der Waals surface area contributed by atoms with E-state index in [0.717, 1.165) is 25.1 Å². The fourth-order valence-corrected chi connectivity index (χ4v) is 3.08. The molecule has 0 fully saturated rings. The first kappa shape index (κ1) is 15.5. The van der Waals surface area contributed by atoms with Gasteiger partial charge in [0, 0.05) is 0 Å². The maximum Gasteiger partial charge on any atom is 0.417 e. The van der Waals surface area contributed by atoms with Crippen LogP contribution >= 0.6 is 0 Å². The van der Waals surface area contributed by atoms with Crippen LogP contribution in [0.15, 0.2) is 29.2 Å². The minimum Gasteiger partial charge on any atom is -0.481 e. The molecule has 0 heterocycles. The molecule has 0 aromatic heterocycles. The first-order valence-electron chi connectivity index (χ1n) is 5.18. The molecule has 1 aromatic rings. The number of hydrogen-bond acceptors (Lipinski definition) is 3. The summed E-state index contributed by atoms with van der Waals surface area (Å²) < 4.78 is 62.1. The van der Waals surface area contributed by atoms with Gasteiger partial charge in [-0.05, 0) is 19.1 Å². The van der Waals surface area contributed by atoms with E-state index in [1.54, 1.807) is 0 Å². The van der Waals surface area contributed by atoms with Crippen LogP contribution in [-0.4, -0.2) is 24.7 Å². The topological polar surface area (TPSA) is 71.4 Å². The highest BCUT2D eigenvalue weighted by Gasteiger charge is 2.38. The maximum atomic E-state index is 12.7. The van der Waals surface area contributed by atoms with Crippen molar-refractivity contribution in [2.75, 3.05) is 0 Å².